The van der Waals surface area contributed by atoms with Gasteiger partial charge in [-0.2, -0.15) is 0 Å². The predicted octanol–water partition coefficient (Wildman–Crippen LogP) is 4.94. The van der Waals surface area contributed by atoms with Crippen molar-refractivity contribution in [1.29, 1.82) is 0 Å². The Labute approximate surface area is 131 Å². The summed E-state index contributed by atoms with van der Waals surface area (Å²) in [5, 5.41) is 5.24. The Hall–Kier alpha value is -0.240. The van der Waals surface area contributed by atoms with Gasteiger partial charge in [-0.1, -0.05) is 36.2 Å². The molecule has 1 aromatic rings. The van der Waals surface area contributed by atoms with Crippen molar-refractivity contribution in [3.63, 3.8) is 0 Å². The highest BCUT2D eigenvalue weighted by molar-refractivity contribution is 6.35. The summed E-state index contributed by atoms with van der Waals surface area (Å²) in [5.74, 6) is 4.73. The molecule has 1 aromatic carbocycles. The van der Waals surface area contributed by atoms with E-state index in [0.717, 1.165) is 46.2 Å². The second-order valence-electron chi connectivity index (χ2n) is 6.77. The lowest BCUT2D eigenvalue weighted by Crippen LogP contribution is -2.25. The van der Waals surface area contributed by atoms with Crippen LogP contribution in [0.5, 0.6) is 0 Å². The summed E-state index contributed by atoms with van der Waals surface area (Å²) in [6.45, 7) is 3.18. The van der Waals surface area contributed by atoms with Gasteiger partial charge in [0.05, 0.1) is 0 Å². The lowest BCUT2D eigenvalue weighted by atomic mass is 9.93. The number of hydrogen-bond donors (Lipinski definition) is 1. The van der Waals surface area contributed by atoms with E-state index in [0.29, 0.717) is 6.04 Å². The first-order chi connectivity index (χ1) is 9.70. The van der Waals surface area contributed by atoms with Crippen LogP contribution in [0.4, 0.5) is 0 Å². The fourth-order valence-electron chi connectivity index (χ4n) is 5.27. The van der Waals surface area contributed by atoms with Gasteiger partial charge in [-0.05, 0) is 73.1 Å². The molecule has 0 heterocycles. The Morgan fingerprint density at radius 2 is 1.90 bits per heavy atom. The molecule has 4 rings (SSSR count). The van der Waals surface area contributed by atoms with Crippen LogP contribution in [0.1, 0.15) is 37.8 Å². The second kappa shape index (κ2) is 4.90. The smallest absolute Gasteiger partial charge is 0.0468 e. The van der Waals surface area contributed by atoms with Crippen LogP contribution in [-0.2, 0) is 0 Å². The van der Waals surface area contributed by atoms with Crippen LogP contribution in [0.2, 0.25) is 10.0 Å². The van der Waals surface area contributed by atoms with Crippen LogP contribution in [0, 0.1) is 29.6 Å². The van der Waals surface area contributed by atoms with E-state index in [9.17, 15) is 0 Å². The third-order valence-corrected chi connectivity index (χ3v) is 6.46. The lowest BCUT2D eigenvalue weighted by molar-refractivity contribution is 0.375. The molecule has 5 atom stereocenters. The predicted molar refractivity (Wildman–Crippen MR) is 84.2 cm³/mol. The van der Waals surface area contributed by atoms with Gasteiger partial charge in [0.15, 0.2) is 0 Å². The normalized spacial score (nSPS) is 38.9. The minimum absolute atomic E-state index is 0.420. The molecule has 0 saturated heterocycles. The largest absolute Gasteiger partial charge is 0.310 e. The monoisotopic (exact) mass is 309 g/mol. The van der Waals surface area contributed by atoms with Crippen molar-refractivity contribution in [2.24, 2.45) is 29.6 Å². The average molecular weight is 310 g/mol. The van der Waals surface area contributed by atoms with Gasteiger partial charge in [-0.3, -0.25) is 0 Å². The molecular weight excluding hydrogens is 289 g/mol. The van der Waals surface area contributed by atoms with E-state index in [1.54, 1.807) is 0 Å². The minimum Gasteiger partial charge on any atom is -0.310 e. The summed E-state index contributed by atoms with van der Waals surface area (Å²) in [7, 11) is 0. The zero-order valence-electron chi connectivity index (χ0n) is 11.8. The van der Waals surface area contributed by atoms with Crippen molar-refractivity contribution in [2.75, 3.05) is 6.54 Å². The van der Waals surface area contributed by atoms with Gasteiger partial charge in [0.2, 0.25) is 0 Å². The Morgan fingerprint density at radius 3 is 2.50 bits per heavy atom. The SMILES string of the molecule is CCNC(c1ccc(Cl)cc1Cl)C1C2C3CCC(C3)C21. The number of halogens is 2. The van der Waals surface area contributed by atoms with E-state index in [1.807, 2.05) is 12.1 Å². The van der Waals surface area contributed by atoms with Crippen LogP contribution in [0.15, 0.2) is 18.2 Å². The molecule has 3 saturated carbocycles. The third kappa shape index (κ3) is 1.94. The molecular formula is C17H21Cl2N. The summed E-state index contributed by atoms with van der Waals surface area (Å²) in [6, 6.07) is 6.40. The van der Waals surface area contributed by atoms with Gasteiger partial charge in [0.1, 0.15) is 0 Å². The topological polar surface area (TPSA) is 12.0 Å². The highest BCUT2D eigenvalue weighted by Gasteiger charge is 2.66. The number of fused-ring (bicyclic) bond motifs is 5. The first-order valence-corrected chi connectivity index (χ1v) is 8.64. The van der Waals surface area contributed by atoms with Crippen LogP contribution in [0.3, 0.4) is 0 Å². The maximum absolute atomic E-state index is 6.45. The second-order valence-corrected chi connectivity index (χ2v) is 7.61. The number of hydrogen-bond acceptors (Lipinski definition) is 1. The molecule has 0 aliphatic heterocycles. The fourth-order valence-corrected chi connectivity index (χ4v) is 5.79. The molecule has 3 aliphatic rings. The highest BCUT2D eigenvalue weighted by atomic mass is 35.5. The van der Waals surface area contributed by atoms with E-state index in [4.69, 9.17) is 23.2 Å². The summed E-state index contributed by atoms with van der Waals surface area (Å²) < 4.78 is 0. The molecule has 5 unspecified atom stereocenters. The van der Waals surface area contributed by atoms with Gasteiger partial charge in [-0.15, -0.1) is 0 Å². The van der Waals surface area contributed by atoms with E-state index < -0.39 is 0 Å². The Bertz CT molecular complexity index is 514. The molecule has 1 nitrogen and oxygen atoms in total. The highest BCUT2D eigenvalue weighted by Crippen LogP contribution is 2.72. The van der Waals surface area contributed by atoms with E-state index >= 15 is 0 Å². The summed E-state index contributed by atoms with van der Waals surface area (Å²) in [4.78, 5) is 0. The maximum Gasteiger partial charge on any atom is 0.0468 e. The van der Waals surface area contributed by atoms with E-state index in [2.05, 4.69) is 18.3 Å². The maximum atomic E-state index is 6.45. The van der Waals surface area contributed by atoms with E-state index in [-0.39, 0.29) is 0 Å². The number of nitrogens with one attached hydrogen (secondary N) is 1. The molecule has 0 amide bonds. The molecule has 2 bridgehead atoms. The molecule has 0 aromatic heterocycles. The van der Waals surface area contributed by atoms with Crippen molar-refractivity contribution < 1.29 is 0 Å². The first kappa shape index (κ1) is 13.4. The van der Waals surface area contributed by atoms with Crippen molar-refractivity contribution in [1.82, 2.24) is 5.32 Å². The fraction of sp³-hybridized carbons (Fsp3) is 0.647. The molecule has 20 heavy (non-hydrogen) atoms. The molecule has 3 aliphatic carbocycles. The van der Waals surface area contributed by atoms with E-state index in [1.165, 1.54) is 24.8 Å². The average Bonchev–Trinajstić information content (AvgIpc) is 2.84. The molecule has 108 valence electrons. The standard InChI is InChI=1S/C17H21Cl2N/c1-2-20-17(12-6-5-11(18)8-13(12)19)16-14-9-3-4-10(7-9)15(14)16/h5-6,8-10,14-17,20H,2-4,7H2,1H3. The van der Waals surface area contributed by atoms with Crippen molar-refractivity contribution in [2.45, 2.75) is 32.2 Å². The summed E-state index contributed by atoms with van der Waals surface area (Å²) in [6.07, 6.45) is 4.43. The van der Waals surface area contributed by atoms with Crippen molar-refractivity contribution >= 4 is 23.2 Å². The van der Waals surface area contributed by atoms with Crippen LogP contribution < -0.4 is 5.32 Å². The van der Waals surface area contributed by atoms with Gasteiger partial charge >= 0.3 is 0 Å². The Balaban J connectivity index is 1.62. The Morgan fingerprint density at radius 1 is 1.20 bits per heavy atom. The first-order valence-electron chi connectivity index (χ1n) is 7.89. The summed E-state index contributed by atoms with van der Waals surface area (Å²) in [5.41, 5.74) is 1.25. The molecule has 0 spiro atoms. The zero-order valence-corrected chi connectivity index (χ0v) is 13.3. The molecule has 0 radical (unpaired) electrons. The van der Waals surface area contributed by atoms with Crippen LogP contribution in [-0.4, -0.2) is 6.54 Å². The van der Waals surface area contributed by atoms with Crippen LogP contribution in [0.25, 0.3) is 0 Å². The quantitative estimate of drug-likeness (QED) is 0.831. The van der Waals surface area contributed by atoms with Gasteiger partial charge in [-0.25, -0.2) is 0 Å². The third-order valence-electron chi connectivity index (χ3n) is 5.90. The molecule has 3 fully saturated rings. The Kier molecular flexibility index (Phi) is 3.29. The van der Waals surface area contributed by atoms with Gasteiger partial charge < -0.3 is 5.32 Å². The number of benzene rings is 1. The van der Waals surface area contributed by atoms with Crippen molar-refractivity contribution in [3.05, 3.63) is 33.8 Å². The molecule has 3 heteroatoms. The van der Waals surface area contributed by atoms with Gasteiger partial charge in [0, 0.05) is 16.1 Å². The summed E-state index contributed by atoms with van der Waals surface area (Å²) >= 11 is 12.5. The number of rotatable bonds is 4. The lowest BCUT2D eigenvalue weighted by Gasteiger charge is -2.23. The zero-order chi connectivity index (χ0) is 13.9. The van der Waals surface area contributed by atoms with Gasteiger partial charge in [0.25, 0.3) is 0 Å². The minimum atomic E-state index is 0.420. The van der Waals surface area contributed by atoms with Crippen molar-refractivity contribution in [3.8, 4) is 0 Å². The van der Waals surface area contributed by atoms with Crippen LogP contribution >= 0.6 is 23.2 Å². The molecule has 1 N–H and O–H groups in total.